The fourth-order valence-corrected chi connectivity index (χ4v) is 8.03. The van der Waals surface area contributed by atoms with Crippen LogP contribution in [-0.2, 0) is 0 Å². The molecule has 0 aliphatic heterocycles. The van der Waals surface area contributed by atoms with Crippen molar-refractivity contribution >= 4 is 82.5 Å². The molecule has 0 spiro atoms. The molecule has 0 fully saturated rings. The van der Waals surface area contributed by atoms with E-state index in [1.54, 1.807) is 0 Å². The van der Waals surface area contributed by atoms with E-state index in [-0.39, 0.29) is 0 Å². The Balaban J connectivity index is 1.04. The van der Waals surface area contributed by atoms with Gasteiger partial charge in [-0.15, -0.1) is 0 Å². The summed E-state index contributed by atoms with van der Waals surface area (Å²) in [5.41, 5.74) is 11.3. The Labute approximate surface area is 305 Å². The summed E-state index contributed by atoms with van der Waals surface area (Å²) in [7, 11) is 0. The monoisotopic (exact) mass is 677 g/mol. The minimum absolute atomic E-state index is 0.854. The highest BCUT2D eigenvalue weighted by Crippen LogP contribution is 2.45. The molecule has 0 atom stereocenters. The van der Waals surface area contributed by atoms with Gasteiger partial charge in [-0.2, -0.15) is 0 Å². The molecular formula is C50H31NO2. The molecule has 11 rings (SSSR count). The van der Waals surface area contributed by atoms with E-state index in [1.165, 1.54) is 27.5 Å². The van der Waals surface area contributed by atoms with E-state index in [2.05, 4.69) is 181 Å². The van der Waals surface area contributed by atoms with Crippen LogP contribution in [0.4, 0.5) is 17.1 Å². The topological polar surface area (TPSA) is 29.5 Å². The first-order valence-corrected chi connectivity index (χ1v) is 18.0. The van der Waals surface area contributed by atoms with Gasteiger partial charge in [0.15, 0.2) is 0 Å². The van der Waals surface area contributed by atoms with Crippen molar-refractivity contribution in [1.82, 2.24) is 0 Å². The Hall–Kier alpha value is -7.10. The number of fused-ring (bicyclic) bond motifs is 9. The van der Waals surface area contributed by atoms with Gasteiger partial charge in [0, 0.05) is 39.0 Å². The molecule has 0 saturated carbocycles. The van der Waals surface area contributed by atoms with Gasteiger partial charge in [-0.3, -0.25) is 0 Å². The third-order valence-electron chi connectivity index (χ3n) is 10.7. The van der Waals surface area contributed by atoms with Crippen molar-refractivity contribution < 1.29 is 8.83 Å². The molecule has 2 aromatic heterocycles. The van der Waals surface area contributed by atoms with Crippen molar-refractivity contribution in [2.75, 3.05) is 4.90 Å². The molecular weight excluding hydrogens is 647 g/mol. The molecule has 0 bridgehead atoms. The normalized spacial score (nSPS) is 11.8. The van der Waals surface area contributed by atoms with Crippen LogP contribution >= 0.6 is 0 Å². The number of rotatable bonds is 5. The molecule has 2 heterocycles. The third kappa shape index (κ3) is 4.82. The Kier molecular flexibility index (Phi) is 6.55. The van der Waals surface area contributed by atoms with Gasteiger partial charge in [-0.25, -0.2) is 0 Å². The maximum absolute atomic E-state index is 6.63. The molecule has 0 N–H and O–H groups in total. The van der Waals surface area contributed by atoms with Crippen molar-refractivity contribution in [2.24, 2.45) is 0 Å². The molecule has 0 aliphatic carbocycles. The Morgan fingerprint density at radius 1 is 0.321 bits per heavy atom. The van der Waals surface area contributed by atoms with E-state index in [0.717, 1.165) is 77.3 Å². The van der Waals surface area contributed by atoms with Crippen LogP contribution in [0.5, 0.6) is 0 Å². The number of anilines is 3. The SMILES string of the molecule is c1ccc2cc(-c3ccc(-c4ccc(N(c5ccc6c(c5)oc5ccccc56)c5cccc6oc7c8ccccc8ccc7c56)cc4)cc3)ccc2c1. The summed E-state index contributed by atoms with van der Waals surface area (Å²) in [4.78, 5) is 2.33. The van der Waals surface area contributed by atoms with E-state index >= 15 is 0 Å². The molecule has 3 heteroatoms. The van der Waals surface area contributed by atoms with Gasteiger partial charge in [0.1, 0.15) is 22.3 Å². The highest BCUT2D eigenvalue weighted by atomic mass is 16.3. The minimum atomic E-state index is 0.854. The van der Waals surface area contributed by atoms with E-state index in [4.69, 9.17) is 8.83 Å². The Morgan fingerprint density at radius 2 is 0.906 bits per heavy atom. The number of furan rings is 2. The fraction of sp³-hybridized carbons (Fsp3) is 0. The second kappa shape index (κ2) is 11.7. The first-order valence-electron chi connectivity index (χ1n) is 18.0. The molecule has 0 unspecified atom stereocenters. The zero-order valence-electron chi connectivity index (χ0n) is 28.7. The fourth-order valence-electron chi connectivity index (χ4n) is 8.03. The largest absolute Gasteiger partial charge is 0.456 e. The smallest absolute Gasteiger partial charge is 0.143 e. The van der Waals surface area contributed by atoms with Gasteiger partial charge in [-0.1, -0.05) is 127 Å². The van der Waals surface area contributed by atoms with Crippen molar-refractivity contribution in [3.05, 3.63) is 188 Å². The van der Waals surface area contributed by atoms with Crippen LogP contribution in [0.1, 0.15) is 0 Å². The summed E-state index contributed by atoms with van der Waals surface area (Å²) < 4.78 is 13.0. The highest BCUT2D eigenvalue weighted by molar-refractivity contribution is 6.19. The molecule has 0 radical (unpaired) electrons. The number of nitrogens with zero attached hydrogens (tertiary/aromatic N) is 1. The molecule has 0 aliphatic rings. The number of hydrogen-bond donors (Lipinski definition) is 0. The average Bonchev–Trinajstić information content (AvgIpc) is 3.80. The van der Waals surface area contributed by atoms with Crippen LogP contribution in [0.25, 0.3) is 87.7 Å². The molecule has 248 valence electrons. The van der Waals surface area contributed by atoms with Gasteiger partial charge in [0.2, 0.25) is 0 Å². The van der Waals surface area contributed by atoms with Crippen LogP contribution in [0, 0.1) is 0 Å². The average molecular weight is 678 g/mol. The van der Waals surface area contributed by atoms with E-state index in [9.17, 15) is 0 Å². The third-order valence-corrected chi connectivity index (χ3v) is 10.7. The summed E-state index contributed by atoms with van der Waals surface area (Å²) in [5.74, 6) is 0. The zero-order valence-corrected chi connectivity index (χ0v) is 28.7. The summed E-state index contributed by atoms with van der Waals surface area (Å²) in [6, 6.07) is 66.8. The Morgan fingerprint density at radius 3 is 1.74 bits per heavy atom. The lowest BCUT2D eigenvalue weighted by atomic mass is 9.98. The van der Waals surface area contributed by atoms with Gasteiger partial charge < -0.3 is 13.7 Å². The first-order chi connectivity index (χ1) is 26.2. The lowest BCUT2D eigenvalue weighted by Crippen LogP contribution is -2.10. The van der Waals surface area contributed by atoms with Crippen LogP contribution in [0.15, 0.2) is 197 Å². The van der Waals surface area contributed by atoms with Crippen molar-refractivity contribution in [3.8, 4) is 22.3 Å². The predicted molar refractivity (Wildman–Crippen MR) is 222 cm³/mol. The lowest BCUT2D eigenvalue weighted by molar-refractivity contribution is 0.669. The quantitative estimate of drug-likeness (QED) is 0.182. The van der Waals surface area contributed by atoms with Crippen molar-refractivity contribution in [1.29, 1.82) is 0 Å². The molecule has 3 nitrogen and oxygen atoms in total. The second-order valence-electron chi connectivity index (χ2n) is 13.7. The van der Waals surface area contributed by atoms with Crippen LogP contribution in [0.3, 0.4) is 0 Å². The number of benzene rings is 9. The van der Waals surface area contributed by atoms with Crippen LogP contribution in [-0.4, -0.2) is 0 Å². The van der Waals surface area contributed by atoms with Gasteiger partial charge in [0.05, 0.1) is 11.1 Å². The maximum atomic E-state index is 6.63. The van der Waals surface area contributed by atoms with Crippen molar-refractivity contribution in [2.45, 2.75) is 0 Å². The molecule has 11 aromatic rings. The first kappa shape index (κ1) is 29.6. The summed E-state index contributed by atoms with van der Waals surface area (Å²) in [6.07, 6.45) is 0. The Bertz CT molecular complexity index is 3170. The van der Waals surface area contributed by atoms with Gasteiger partial charge in [0.25, 0.3) is 0 Å². The highest BCUT2D eigenvalue weighted by Gasteiger charge is 2.21. The van der Waals surface area contributed by atoms with E-state index in [1.807, 2.05) is 12.1 Å². The van der Waals surface area contributed by atoms with Gasteiger partial charge >= 0.3 is 0 Å². The number of para-hydroxylation sites is 1. The summed E-state index contributed by atoms with van der Waals surface area (Å²) >= 11 is 0. The molecule has 0 saturated heterocycles. The molecule has 0 amide bonds. The lowest BCUT2D eigenvalue weighted by Gasteiger charge is -2.26. The summed E-state index contributed by atoms with van der Waals surface area (Å²) in [6.45, 7) is 0. The molecule has 9 aromatic carbocycles. The van der Waals surface area contributed by atoms with Crippen molar-refractivity contribution in [3.63, 3.8) is 0 Å². The summed E-state index contributed by atoms with van der Waals surface area (Å²) in [5, 5.41) is 9.16. The van der Waals surface area contributed by atoms with Crippen LogP contribution < -0.4 is 4.90 Å². The van der Waals surface area contributed by atoms with Crippen LogP contribution in [0.2, 0.25) is 0 Å². The van der Waals surface area contributed by atoms with Gasteiger partial charge in [-0.05, 0) is 93.0 Å². The van der Waals surface area contributed by atoms with E-state index < -0.39 is 0 Å². The number of hydrogen-bond acceptors (Lipinski definition) is 3. The minimum Gasteiger partial charge on any atom is -0.456 e. The van der Waals surface area contributed by atoms with E-state index in [0.29, 0.717) is 0 Å². The zero-order chi connectivity index (χ0) is 34.9. The second-order valence-corrected chi connectivity index (χ2v) is 13.7. The standard InChI is InChI=1S/C50H31NO2/c1-2-10-37-30-38(21-20-32(37)8-1)35-18-16-33(17-19-35)34-22-25-39(26-23-34)51(40-27-29-43-42-12-5-6-14-46(42)52-48(43)31-40)45-13-7-15-47-49(45)44-28-24-36-9-3-4-11-41(36)50(44)53-47/h1-31H. The molecule has 53 heavy (non-hydrogen) atoms. The predicted octanol–water partition coefficient (Wildman–Crippen LogP) is 14.6. The maximum Gasteiger partial charge on any atom is 0.143 e.